The Morgan fingerprint density at radius 3 is 2.61 bits per heavy atom. The van der Waals surface area contributed by atoms with Gasteiger partial charge in [-0.25, -0.2) is 4.79 Å². The molecule has 0 N–H and O–H groups in total. The molecule has 0 bridgehead atoms. The van der Waals surface area contributed by atoms with E-state index in [9.17, 15) is 9.59 Å². The SMILES string of the molecule is CCOC(=O)c1cc([Si](C)(C)C)nn1CC(=O)c1cccnc1. The number of pyridine rings is 1. The maximum absolute atomic E-state index is 12.4. The standard InChI is InChI=1S/C16H21N3O3Si/c1-5-22-16(21)13-9-15(23(2,3)4)18-19(13)11-14(20)12-7-6-8-17-10-12/h6-10H,5,11H2,1-4H3. The van der Waals surface area contributed by atoms with Crippen molar-refractivity contribution in [1.82, 2.24) is 14.8 Å². The largest absolute Gasteiger partial charge is 0.461 e. The highest BCUT2D eigenvalue weighted by Crippen LogP contribution is 2.08. The third-order valence-corrected chi connectivity index (χ3v) is 5.09. The molecule has 0 aromatic carbocycles. The van der Waals surface area contributed by atoms with Crippen LogP contribution in [-0.4, -0.2) is 41.2 Å². The predicted molar refractivity (Wildman–Crippen MR) is 89.7 cm³/mol. The van der Waals surface area contributed by atoms with Gasteiger partial charge in [-0.1, -0.05) is 19.6 Å². The maximum Gasteiger partial charge on any atom is 0.356 e. The molecule has 0 aliphatic rings. The van der Waals surface area contributed by atoms with Crippen molar-refractivity contribution in [3.8, 4) is 0 Å². The van der Waals surface area contributed by atoms with E-state index in [1.54, 1.807) is 31.3 Å². The molecule has 7 heteroatoms. The molecule has 2 aromatic heterocycles. The average Bonchev–Trinajstić information content (AvgIpc) is 2.92. The van der Waals surface area contributed by atoms with Gasteiger partial charge in [0.15, 0.2) is 5.78 Å². The van der Waals surface area contributed by atoms with Gasteiger partial charge in [0.2, 0.25) is 0 Å². The smallest absolute Gasteiger partial charge is 0.356 e. The van der Waals surface area contributed by atoms with Crippen molar-refractivity contribution in [2.75, 3.05) is 6.61 Å². The molecule has 2 rings (SSSR count). The number of ether oxygens (including phenoxy) is 1. The molecule has 0 fully saturated rings. The minimum absolute atomic E-state index is 0.00960. The lowest BCUT2D eigenvalue weighted by Crippen LogP contribution is -2.39. The number of carbonyl (C=O) groups excluding carboxylic acids is 2. The number of ketones is 1. The summed E-state index contributed by atoms with van der Waals surface area (Å²) >= 11 is 0. The molecular weight excluding hydrogens is 310 g/mol. The first-order valence-electron chi connectivity index (χ1n) is 7.51. The quantitative estimate of drug-likeness (QED) is 0.459. The molecule has 0 amide bonds. The third kappa shape index (κ3) is 4.13. The van der Waals surface area contributed by atoms with Gasteiger partial charge >= 0.3 is 5.97 Å². The van der Waals surface area contributed by atoms with Gasteiger partial charge in [-0.15, -0.1) is 0 Å². The van der Waals surface area contributed by atoms with Crippen molar-refractivity contribution in [1.29, 1.82) is 0 Å². The summed E-state index contributed by atoms with van der Waals surface area (Å²) < 4.78 is 6.52. The Hall–Kier alpha value is -2.28. The summed E-state index contributed by atoms with van der Waals surface area (Å²) in [5.41, 5.74) is 0.814. The minimum Gasteiger partial charge on any atom is -0.461 e. The Balaban J connectivity index is 2.34. The van der Waals surface area contributed by atoms with E-state index in [0.29, 0.717) is 11.3 Å². The van der Waals surface area contributed by atoms with Crippen LogP contribution in [0.5, 0.6) is 0 Å². The molecule has 0 saturated carbocycles. The molecule has 0 atom stereocenters. The fraction of sp³-hybridized carbons (Fsp3) is 0.375. The Morgan fingerprint density at radius 2 is 2.04 bits per heavy atom. The van der Waals surface area contributed by atoms with Crippen molar-refractivity contribution in [2.24, 2.45) is 0 Å². The fourth-order valence-corrected chi connectivity index (χ4v) is 3.02. The number of nitrogens with zero attached hydrogens (tertiary/aromatic N) is 3. The van der Waals surface area contributed by atoms with Crippen LogP contribution in [-0.2, 0) is 11.3 Å². The molecule has 23 heavy (non-hydrogen) atoms. The van der Waals surface area contributed by atoms with Crippen LogP contribution in [0.3, 0.4) is 0 Å². The molecule has 2 heterocycles. The van der Waals surface area contributed by atoms with Crippen molar-refractivity contribution >= 4 is 25.1 Å². The number of esters is 1. The number of rotatable bonds is 6. The summed E-state index contributed by atoms with van der Waals surface area (Å²) in [6.45, 7) is 8.43. The fourth-order valence-electron chi connectivity index (χ4n) is 2.03. The molecule has 6 nitrogen and oxygen atoms in total. The highest BCUT2D eigenvalue weighted by molar-refractivity contribution is 6.88. The summed E-state index contributed by atoms with van der Waals surface area (Å²) in [7, 11) is -1.71. The first-order valence-corrected chi connectivity index (χ1v) is 11.0. The van der Waals surface area contributed by atoms with Crippen LogP contribution in [0.1, 0.15) is 27.8 Å². The first-order chi connectivity index (χ1) is 10.8. The lowest BCUT2D eigenvalue weighted by Gasteiger charge is -2.11. The monoisotopic (exact) mass is 331 g/mol. The van der Waals surface area contributed by atoms with Gasteiger partial charge in [0.05, 0.1) is 6.61 Å². The highest BCUT2D eigenvalue weighted by atomic mass is 28.3. The van der Waals surface area contributed by atoms with Gasteiger partial charge in [-0.2, -0.15) is 5.10 Å². The van der Waals surface area contributed by atoms with E-state index in [1.165, 1.54) is 10.9 Å². The molecular formula is C16H21N3O3Si. The van der Waals surface area contributed by atoms with Crippen molar-refractivity contribution in [3.05, 3.63) is 41.9 Å². The van der Waals surface area contributed by atoms with E-state index in [4.69, 9.17) is 4.74 Å². The summed E-state index contributed by atoms with van der Waals surface area (Å²) in [5, 5.41) is 5.36. The van der Waals surface area contributed by atoms with Crippen LogP contribution in [0.25, 0.3) is 0 Å². The van der Waals surface area contributed by atoms with Crippen LogP contribution in [0.2, 0.25) is 19.6 Å². The van der Waals surface area contributed by atoms with E-state index < -0.39 is 14.0 Å². The second-order valence-electron chi connectivity index (χ2n) is 6.21. The van der Waals surface area contributed by atoms with Gasteiger partial charge in [-0.3, -0.25) is 14.5 Å². The van der Waals surface area contributed by atoms with Gasteiger partial charge in [0.1, 0.15) is 20.3 Å². The van der Waals surface area contributed by atoms with E-state index in [-0.39, 0.29) is 18.9 Å². The predicted octanol–water partition coefficient (Wildman–Crippen LogP) is 1.88. The normalized spacial score (nSPS) is 11.3. The molecule has 2 aromatic rings. The Bertz CT molecular complexity index is 705. The Labute approximate surface area is 136 Å². The van der Waals surface area contributed by atoms with E-state index >= 15 is 0 Å². The molecule has 0 radical (unpaired) electrons. The van der Waals surface area contributed by atoms with Crippen LogP contribution in [0, 0.1) is 0 Å². The average molecular weight is 331 g/mol. The topological polar surface area (TPSA) is 74.1 Å². The van der Waals surface area contributed by atoms with Gasteiger partial charge in [-0.05, 0) is 25.1 Å². The number of carbonyl (C=O) groups is 2. The van der Waals surface area contributed by atoms with E-state index in [2.05, 4.69) is 29.7 Å². The van der Waals surface area contributed by atoms with E-state index in [1.807, 2.05) is 0 Å². The zero-order chi connectivity index (χ0) is 17.0. The second kappa shape index (κ2) is 6.87. The molecule has 0 saturated heterocycles. The van der Waals surface area contributed by atoms with Gasteiger partial charge < -0.3 is 4.74 Å². The minimum atomic E-state index is -1.71. The lowest BCUT2D eigenvalue weighted by atomic mass is 10.2. The summed E-state index contributed by atoms with van der Waals surface area (Å²) in [5.74, 6) is -0.600. The van der Waals surface area contributed by atoms with Crippen LogP contribution in [0.4, 0.5) is 0 Å². The molecule has 0 spiro atoms. The number of hydrogen-bond acceptors (Lipinski definition) is 5. The third-order valence-electron chi connectivity index (χ3n) is 3.31. The summed E-state index contributed by atoms with van der Waals surface area (Å²) in [6.07, 6.45) is 3.12. The number of Topliss-reactive ketones (excluding diaryl/α,β-unsaturated/α-hetero) is 1. The molecule has 0 aliphatic heterocycles. The van der Waals surface area contributed by atoms with Crippen LogP contribution < -0.4 is 5.32 Å². The molecule has 122 valence electrons. The molecule has 0 aliphatic carbocycles. The van der Waals surface area contributed by atoms with Crippen LogP contribution in [0.15, 0.2) is 30.6 Å². The van der Waals surface area contributed by atoms with Crippen molar-refractivity contribution in [3.63, 3.8) is 0 Å². The van der Waals surface area contributed by atoms with Gasteiger partial charge in [0.25, 0.3) is 0 Å². The summed E-state index contributed by atoms with van der Waals surface area (Å²) in [6, 6.07) is 5.15. The Morgan fingerprint density at radius 1 is 1.30 bits per heavy atom. The Kier molecular flexibility index (Phi) is 5.10. The number of aromatic nitrogens is 3. The molecule has 0 unspecified atom stereocenters. The maximum atomic E-state index is 12.4. The first kappa shape index (κ1) is 17.1. The van der Waals surface area contributed by atoms with E-state index in [0.717, 1.165) is 5.32 Å². The number of hydrogen-bond donors (Lipinski definition) is 0. The highest BCUT2D eigenvalue weighted by Gasteiger charge is 2.26. The summed E-state index contributed by atoms with van der Waals surface area (Å²) in [4.78, 5) is 28.4. The lowest BCUT2D eigenvalue weighted by molar-refractivity contribution is 0.0512. The van der Waals surface area contributed by atoms with Crippen LogP contribution >= 0.6 is 0 Å². The zero-order valence-corrected chi connectivity index (χ0v) is 14.9. The van der Waals surface area contributed by atoms with Crippen molar-refractivity contribution < 1.29 is 14.3 Å². The zero-order valence-electron chi connectivity index (χ0n) is 13.9. The van der Waals surface area contributed by atoms with Crippen molar-refractivity contribution in [2.45, 2.75) is 33.1 Å². The van der Waals surface area contributed by atoms with Gasteiger partial charge in [0, 0.05) is 23.3 Å². The second-order valence-corrected chi connectivity index (χ2v) is 11.2.